The average Bonchev–Trinajstić information content (AvgIpc) is 2.92. The minimum Gasteiger partial charge on any atom is -0.465 e. The summed E-state index contributed by atoms with van der Waals surface area (Å²) in [6, 6.07) is 7.51. The second-order valence-electron chi connectivity index (χ2n) is 11.3. The SMILES string of the molecule is CC(=O)C1CC(C(=O)Nc2ccc(O[C@H]3O[C@@H]4OC(C)CC[C@@H]5C4[C@@H](CC[C@H]5C)[C@H]3C)cc2)C1. The van der Waals surface area contributed by atoms with Gasteiger partial charge in [0.05, 0.1) is 6.10 Å². The third-order valence-corrected chi connectivity index (χ3v) is 9.09. The molecule has 0 bridgehead atoms. The van der Waals surface area contributed by atoms with Crippen LogP contribution in [0, 0.1) is 41.4 Å². The van der Waals surface area contributed by atoms with Gasteiger partial charge in [-0.15, -0.1) is 0 Å². The van der Waals surface area contributed by atoms with E-state index in [-0.39, 0.29) is 42.2 Å². The molecule has 1 aromatic rings. The molecule has 2 unspecified atom stereocenters. The highest BCUT2D eigenvalue weighted by Crippen LogP contribution is 2.52. The molecule has 4 aliphatic rings. The number of rotatable bonds is 5. The Morgan fingerprint density at radius 3 is 2.32 bits per heavy atom. The van der Waals surface area contributed by atoms with Crippen molar-refractivity contribution in [3.63, 3.8) is 0 Å². The van der Waals surface area contributed by atoms with E-state index in [0.29, 0.717) is 36.5 Å². The van der Waals surface area contributed by atoms with E-state index in [4.69, 9.17) is 14.2 Å². The van der Waals surface area contributed by atoms with Gasteiger partial charge >= 0.3 is 0 Å². The topological polar surface area (TPSA) is 73.9 Å². The van der Waals surface area contributed by atoms with Gasteiger partial charge in [0.1, 0.15) is 11.5 Å². The Bertz CT molecular complexity index is 895. The number of carbonyl (C=O) groups excluding carboxylic acids is 2. The van der Waals surface area contributed by atoms with Crippen molar-refractivity contribution in [1.82, 2.24) is 0 Å². The summed E-state index contributed by atoms with van der Waals surface area (Å²) >= 11 is 0. The molecule has 5 rings (SSSR count). The number of anilines is 1. The summed E-state index contributed by atoms with van der Waals surface area (Å²) in [6.45, 7) is 8.41. The van der Waals surface area contributed by atoms with Crippen LogP contribution in [0.5, 0.6) is 5.75 Å². The van der Waals surface area contributed by atoms with Gasteiger partial charge in [-0.25, -0.2) is 0 Å². The van der Waals surface area contributed by atoms with E-state index in [1.807, 2.05) is 24.3 Å². The Kier molecular flexibility index (Phi) is 6.73. The monoisotopic (exact) mass is 469 g/mol. The minimum atomic E-state index is -0.343. The highest BCUT2D eigenvalue weighted by Gasteiger charge is 2.52. The lowest BCUT2D eigenvalue weighted by Gasteiger charge is -2.51. The van der Waals surface area contributed by atoms with Gasteiger partial charge in [-0.1, -0.05) is 20.3 Å². The predicted molar refractivity (Wildman–Crippen MR) is 129 cm³/mol. The lowest BCUT2D eigenvalue weighted by molar-refractivity contribution is -0.315. The Morgan fingerprint density at radius 2 is 1.62 bits per heavy atom. The first-order valence-electron chi connectivity index (χ1n) is 13.2. The van der Waals surface area contributed by atoms with Gasteiger partial charge in [-0.05, 0) is 88.0 Å². The molecule has 6 nitrogen and oxygen atoms in total. The molecular weight excluding hydrogens is 430 g/mol. The number of amides is 1. The van der Waals surface area contributed by atoms with Crippen molar-refractivity contribution in [2.75, 3.05) is 5.32 Å². The quantitative estimate of drug-likeness (QED) is 0.624. The molecule has 6 heteroatoms. The molecule has 2 aliphatic heterocycles. The number of hydrogen-bond acceptors (Lipinski definition) is 5. The molecule has 1 aromatic carbocycles. The molecular formula is C28H39NO5. The molecule has 0 spiro atoms. The number of carbonyl (C=O) groups is 2. The molecule has 186 valence electrons. The van der Waals surface area contributed by atoms with Crippen LogP contribution in [0.1, 0.15) is 66.2 Å². The molecule has 1 amide bonds. The van der Waals surface area contributed by atoms with Gasteiger partial charge in [0, 0.05) is 29.4 Å². The van der Waals surface area contributed by atoms with E-state index in [2.05, 4.69) is 26.1 Å². The summed E-state index contributed by atoms with van der Waals surface area (Å²) in [5, 5.41) is 2.97. The zero-order valence-electron chi connectivity index (χ0n) is 20.9. The predicted octanol–water partition coefficient (Wildman–Crippen LogP) is 5.42. The number of hydrogen-bond donors (Lipinski definition) is 1. The molecule has 34 heavy (non-hydrogen) atoms. The zero-order valence-corrected chi connectivity index (χ0v) is 20.9. The van der Waals surface area contributed by atoms with E-state index in [1.54, 1.807) is 6.92 Å². The third kappa shape index (κ3) is 4.64. The summed E-state index contributed by atoms with van der Waals surface area (Å²) in [7, 11) is 0. The Labute approximate surface area is 203 Å². The molecule has 0 aromatic heterocycles. The van der Waals surface area contributed by atoms with Gasteiger partial charge in [-0.3, -0.25) is 9.59 Å². The largest absolute Gasteiger partial charge is 0.465 e. The van der Waals surface area contributed by atoms with Crippen molar-refractivity contribution in [2.45, 2.75) is 84.9 Å². The second kappa shape index (κ2) is 9.62. The molecule has 2 aliphatic carbocycles. The molecule has 0 radical (unpaired) electrons. The lowest BCUT2D eigenvalue weighted by atomic mass is 9.61. The van der Waals surface area contributed by atoms with Gasteiger partial charge in [0.25, 0.3) is 0 Å². The fourth-order valence-electron chi connectivity index (χ4n) is 6.74. The van der Waals surface area contributed by atoms with Crippen LogP contribution < -0.4 is 10.1 Å². The van der Waals surface area contributed by atoms with Crippen molar-refractivity contribution in [1.29, 1.82) is 0 Å². The summed E-state index contributed by atoms with van der Waals surface area (Å²) in [5.74, 6) is 3.57. The van der Waals surface area contributed by atoms with Crippen molar-refractivity contribution in [2.24, 2.45) is 41.4 Å². The molecule has 4 fully saturated rings. The van der Waals surface area contributed by atoms with Gasteiger partial charge < -0.3 is 19.5 Å². The Morgan fingerprint density at radius 1 is 0.912 bits per heavy atom. The first kappa shape index (κ1) is 23.8. The van der Waals surface area contributed by atoms with E-state index in [9.17, 15) is 9.59 Å². The fourth-order valence-corrected chi connectivity index (χ4v) is 6.74. The van der Waals surface area contributed by atoms with Crippen LogP contribution in [0.2, 0.25) is 0 Å². The van der Waals surface area contributed by atoms with Crippen molar-refractivity contribution in [3.05, 3.63) is 24.3 Å². The van der Waals surface area contributed by atoms with Crippen LogP contribution in [0.3, 0.4) is 0 Å². The second-order valence-corrected chi connectivity index (χ2v) is 11.3. The maximum absolute atomic E-state index is 12.4. The first-order chi connectivity index (χ1) is 16.3. The van der Waals surface area contributed by atoms with E-state index < -0.39 is 0 Å². The summed E-state index contributed by atoms with van der Waals surface area (Å²) < 4.78 is 19.2. The Hall–Kier alpha value is -1.92. The highest BCUT2D eigenvalue weighted by molar-refractivity contribution is 5.94. The van der Waals surface area contributed by atoms with Gasteiger partial charge in [-0.2, -0.15) is 0 Å². The number of ether oxygens (including phenoxy) is 3. The molecule has 8 atom stereocenters. The number of ketones is 1. The zero-order chi connectivity index (χ0) is 24.0. The van der Waals surface area contributed by atoms with Crippen LogP contribution in [0.4, 0.5) is 5.69 Å². The van der Waals surface area contributed by atoms with Crippen molar-refractivity contribution >= 4 is 17.4 Å². The minimum absolute atomic E-state index is 0.0119. The van der Waals surface area contributed by atoms with Crippen LogP contribution >= 0.6 is 0 Å². The van der Waals surface area contributed by atoms with Crippen molar-refractivity contribution < 1.29 is 23.8 Å². The highest BCUT2D eigenvalue weighted by atomic mass is 16.8. The van der Waals surface area contributed by atoms with Crippen LogP contribution in [-0.4, -0.2) is 30.4 Å². The number of nitrogens with one attached hydrogen (secondary N) is 1. The standard InChI is InChI=1S/C28H39NO5/c1-15-5-11-24-17(3)27(34-28-25(24)23(15)12-6-16(2)32-28)33-22-9-7-21(8-10-22)29-26(31)20-13-19(14-20)18(4)30/h7-10,15-17,19-20,23-25,27-28H,5-6,11-14H2,1-4H3,(H,29,31)/t15-,16?,17-,19?,20?,23+,24+,25?,27+,28+/m1/s1. The summed E-state index contributed by atoms with van der Waals surface area (Å²) in [5.41, 5.74) is 0.742. The first-order valence-corrected chi connectivity index (χ1v) is 13.2. The molecule has 2 saturated heterocycles. The van der Waals surface area contributed by atoms with Crippen LogP contribution in [0.25, 0.3) is 0 Å². The lowest BCUT2D eigenvalue weighted by Crippen LogP contribution is -2.54. The number of benzene rings is 1. The smallest absolute Gasteiger partial charge is 0.227 e. The molecule has 2 saturated carbocycles. The molecule has 1 N–H and O–H groups in total. The van der Waals surface area contributed by atoms with E-state index >= 15 is 0 Å². The summed E-state index contributed by atoms with van der Waals surface area (Å²) in [4.78, 5) is 23.8. The average molecular weight is 470 g/mol. The normalized spacial score (nSPS) is 41.4. The maximum atomic E-state index is 12.4. The maximum Gasteiger partial charge on any atom is 0.227 e. The van der Waals surface area contributed by atoms with E-state index in [1.165, 1.54) is 19.3 Å². The van der Waals surface area contributed by atoms with Crippen LogP contribution in [-0.2, 0) is 19.1 Å². The number of Topliss-reactive ketones (excluding diaryl/α,β-unsaturated/α-hetero) is 1. The van der Waals surface area contributed by atoms with Gasteiger partial charge in [0.2, 0.25) is 12.2 Å². The summed E-state index contributed by atoms with van der Waals surface area (Å²) in [6.07, 6.45) is 5.78. The van der Waals surface area contributed by atoms with E-state index in [0.717, 1.165) is 23.8 Å². The molecule has 2 heterocycles. The van der Waals surface area contributed by atoms with Crippen molar-refractivity contribution in [3.8, 4) is 5.75 Å². The third-order valence-electron chi connectivity index (χ3n) is 9.09. The fraction of sp³-hybridized carbons (Fsp3) is 0.714. The van der Waals surface area contributed by atoms with Crippen LogP contribution in [0.15, 0.2) is 24.3 Å². The van der Waals surface area contributed by atoms with Gasteiger partial charge in [0.15, 0.2) is 6.29 Å². The Balaban J connectivity index is 1.21.